The Hall–Kier alpha value is -2.40. The molecule has 5 heteroatoms. The van der Waals surface area contributed by atoms with Crippen LogP contribution in [-0.2, 0) is 6.54 Å². The van der Waals surface area contributed by atoms with Crippen molar-refractivity contribution < 1.29 is 9.60 Å². The molecule has 2 aromatic carbocycles. The second kappa shape index (κ2) is 6.85. The van der Waals surface area contributed by atoms with Gasteiger partial charge in [-0.1, -0.05) is 41.6 Å². The van der Waals surface area contributed by atoms with Crippen LogP contribution in [0.3, 0.4) is 0 Å². The van der Waals surface area contributed by atoms with Gasteiger partial charge in [0, 0.05) is 18.2 Å². The summed E-state index contributed by atoms with van der Waals surface area (Å²) >= 11 is 0. The summed E-state index contributed by atoms with van der Waals surface area (Å²) < 4.78 is 12.9. The quantitative estimate of drug-likeness (QED) is 0.343. The Morgan fingerprint density at radius 1 is 1.24 bits per heavy atom. The van der Waals surface area contributed by atoms with Gasteiger partial charge in [0.15, 0.2) is 5.84 Å². The minimum atomic E-state index is -0.247. The maximum Gasteiger partial charge on any atom is 0.170 e. The number of oxime groups is 1. The van der Waals surface area contributed by atoms with Crippen LogP contribution in [-0.4, -0.2) is 11.0 Å². The van der Waals surface area contributed by atoms with Crippen LogP contribution in [0, 0.1) is 5.82 Å². The molecule has 0 aliphatic rings. The third-order valence-electron chi connectivity index (χ3n) is 3.37. The van der Waals surface area contributed by atoms with Crippen LogP contribution in [0.2, 0.25) is 0 Å². The molecule has 0 saturated carbocycles. The normalized spacial score (nSPS) is 13.1. The Balaban J connectivity index is 2.08. The molecule has 0 spiro atoms. The topological polar surface area (TPSA) is 70.6 Å². The number of halogens is 1. The highest BCUT2D eigenvalue weighted by molar-refractivity contribution is 5.98. The van der Waals surface area contributed by atoms with E-state index in [0.29, 0.717) is 12.1 Å². The van der Waals surface area contributed by atoms with Crippen LogP contribution in [0.1, 0.15) is 29.7 Å². The van der Waals surface area contributed by atoms with Gasteiger partial charge in [-0.05, 0) is 30.2 Å². The van der Waals surface area contributed by atoms with E-state index >= 15 is 0 Å². The zero-order chi connectivity index (χ0) is 15.2. The monoisotopic (exact) mass is 287 g/mol. The summed E-state index contributed by atoms with van der Waals surface area (Å²) in [5.41, 5.74) is 8.28. The molecular formula is C16H18FN3O. The van der Waals surface area contributed by atoms with Crippen molar-refractivity contribution in [3.8, 4) is 0 Å². The van der Waals surface area contributed by atoms with Crippen molar-refractivity contribution in [1.29, 1.82) is 0 Å². The lowest BCUT2D eigenvalue weighted by molar-refractivity contribution is 0.318. The molecule has 1 atom stereocenters. The molecule has 4 nitrogen and oxygen atoms in total. The van der Waals surface area contributed by atoms with E-state index in [2.05, 4.69) is 10.5 Å². The number of amidine groups is 1. The first kappa shape index (κ1) is 15.0. The standard InChI is InChI=1S/C16H18FN3O/c1-11(12-6-8-14(17)9-7-12)19-10-13-4-2-3-5-15(13)16(18)20-21/h2-9,11,19,21H,10H2,1H3,(H2,18,20). The first-order chi connectivity index (χ1) is 10.1. The minimum absolute atomic E-state index is 0.0611. The lowest BCUT2D eigenvalue weighted by atomic mass is 10.0. The molecule has 0 bridgehead atoms. The number of benzene rings is 2. The van der Waals surface area contributed by atoms with Crippen molar-refractivity contribution in [1.82, 2.24) is 5.32 Å². The van der Waals surface area contributed by atoms with E-state index in [1.807, 2.05) is 25.1 Å². The van der Waals surface area contributed by atoms with Gasteiger partial charge in [-0.25, -0.2) is 4.39 Å². The Morgan fingerprint density at radius 3 is 2.57 bits per heavy atom. The summed E-state index contributed by atoms with van der Waals surface area (Å²) in [4.78, 5) is 0. The van der Waals surface area contributed by atoms with E-state index in [4.69, 9.17) is 10.9 Å². The van der Waals surface area contributed by atoms with Crippen molar-refractivity contribution >= 4 is 5.84 Å². The van der Waals surface area contributed by atoms with Gasteiger partial charge in [-0.3, -0.25) is 0 Å². The van der Waals surface area contributed by atoms with Crippen LogP contribution in [0.25, 0.3) is 0 Å². The summed E-state index contributed by atoms with van der Waals surface area (Å²) in [6.07, 6.45) is 0. The minimum Gasteiger partial charge on any atom is -0.409 e. The highest BCUT2D eigenvalue weighted by Crippen LogP contribution is 2.15. The summed E-state index contributed by atoms with van der Waals surface area (Å²) in [7, 11) is 0. The average molecular weight is 287 g/mol. The van der Waals surface area contributed by atoms with E-state index < -0.39 is 0 Å². The molecule has 21 heavy (non-hydrogen) atoms. The van der Waals surface area contributed by atoms with Crippen LogP contribution in [0.15, 0.2) is 53.7 Å². The summed E-state index contributed by atoms with van der Waals surface area (Å²) in [5.74, 6) is -0.162. The molecule has 0 aliphatic heterocycles. The molecular weight excluding hydrogens is 269 g/mol. The number of nitrogens with zero attached hydrogens (tertiary/aromatic N) is 1. The Bertz CT molecular complexity index is 626. The first-order valence-corrected chi connectivity index (χ1v) is 6.66. The lowest BCUT2D eigenvalue weighted by Crippen LogP contribution is -2.22. The van der Waals surface area contributed by atoms with Gasteiger partial charge in [-0.15, -0.1) is 0 Å². The molecule has 0 aliphatic carbocycles. The summed E-state index contributed by atoms with van der Waals surface area (Å²) in [6, 6.07) is 13.9. The van der Waals surface area contributed by atoms with Crippen molar-refractivity contribution in [3.63, 3.8) is 0 Å². The zero-order valence-corrected chi connectivity index (χ0v) is 11.8. The van der Waals surface area contributed by atoms with Crippen LogP contribution >= 0.6 is 0 Å². The largest absolute Gasteiger partial charge is 0.409 e. The van der Waals surface area contributed by atoms with Gasteiger partial charge in [-0.2, -0.15) is 0 Å². The van der Waals surface area contributed by atoms with Gasteiger partial charge in [0.2, 0.25) is 0 Å². The molecule has 0 heterocycles. The molecule has 0 radical (unpaired) electrons. The van der Waals surface area contributed by atoms with Gasteiger partial charge in [0.25, 0.3) is 0 Å². The number of hydrogen-bond acceptors (Lipinski definition) is 3. The second-order valence-corrected chi connectivity index (χ2v) is 4.80. The molecule has 110 valence electrons. The third kappa shape index (κ3) is 3.79. The van der Waals surface area contributed by atoms with Gasteiger partial charge in [0.1, 0.15) is 5.82 Å². The lowest BCUT2D eigenvalue weighted by Gasteiger charge is -2.16. The molecule has 0 amide bonds. The molecule has 0 saturated heterocycles. The number of nitrogens with two attached hydrogens (primary N) is 1. The first-order valence-electron chi connectivity index (χ1n) is 6.66. The molecule has 0 fully saturated rings. The second-order valence-electron chi connectivity index (χ2n) is 4.80. The smallest absolute Gasteiger partial charge is 0.170 e. The van der Waals surface area contributed by atoms with Crippen molar-refractivity contribution in [2.75, 3.05) is 0 Å². The number of rotatable bonds is 5. The predicted molar refractivity (Wildman–Crippen MR) is 80.6 cm³/mol. The Kier molecular flexibility index (Phi) is 4.90. The van der Waals surface area contributed by atoms with E-state index in [1.165, 1.54) is 12.1 Å². The van der Waals surface area contributed by atoms with E-state index in [0.717, 1.165) is 11.1 Å². The van der Waals surface area contributed by atoms with E-state index in [1.54, 1.807) is 18.2 Å². The SMILES string of the molecule is CC(NCc1ccccc1C(N)=NO)c1ccc(F)cc1. The third-order valence-corrected chi connectivity index (χ3v) is 3.37. The molecule has 2 aromatic rings. The van der Waals surface area contributed by atoms with Crippen molar-refractivity contribution in [3.05, 3.63) is 71.0 Å². The van der Waals surface area contributed by atoms with Gasteiger partial charge >= 0.3 is 0 Å². The molecule has 1 unspecified atom stereocenters. The fourth-order valence-electron chi connectivity index (χ4n) is 2.11. The summed E-state index contributed by atoms with van der Waals surface area (Å²) in [5, 5.41) is 15.2. The Morgan fingerprint density at radius 2 is 1.90 bits per heavy atom. The van der Waals surface area contributed by atoms with Crippen molar-refractivity contribution in [2.24, 2.45) is 10.9 Å². The Labute approximate surface area is 123 Å². The van der Waals surface area contributed by atoms with Crippen LogP contribution in [0.5, 0.6) is 0 Å². The zero-order valence-electron chi connectivity index (χ0n) is 11.8. The fourth-order valence-corrected chi connectivity index (χ4v) is 2.11. The highest BCUT2D eigenvalue weighted by atomic mass is 19.1. The fraction of sp³-hybridized carbons (Fsp3) is 0.188. The van der Waals surface area contributed by atoms with Crippen molar-refractivity contribution in [2.45, 2.75) is 19.5 Å². The highest BCUT2D eigenvalue weighted by Gasteiger charge is 2.09. The maximum atomic E-state index is 12.9. The molecule has 4 N–H and O–H groups in total. The predicted octanol–water partition coefficient (Wildman–Crippen LogP) is 2.77. The van der Waals surface area contributed by atoms with Gasteiger partial charge < -0.3 is 16.3 Å². The summed E-state index contributed by atoms with van der Waals surface area (Å²) in [6.45, 7) is 2.56. The van der Waals surface area contributed by atoms with E-state index in [9.17, 15) is 4.39 Å². The maximum absolute atomic E-state index is 12.9. The number of nitrogens with one attached hydrogen (secondary N) is 1. The van der Waals surface area contributed by atoms with Crippen LogP contribution < -0.4 is 11.1 Å². The van der Waals surface area contributed by atoms with E-state index in [-0.39, 0.29) is 17.7 Å². The molecule has 2 rings (SSSR count). The average Bonchev–Trinajstić information content (AvgIpc) is 2.52. The van der Waals surface area contributed by atoms with Crippen LogP contribution in [0.4, 0.5) is 4.39 Å². The number of hydrogen-bond donors (Lipinski definition) is 3. The van der Waals surface area contributed by atoms with Gasteiger partial charge in [0.05, 0.1) is 0 Å². The molecule has 0 aromatic heterocycles.